The molecule has 2 aromatic heterocycles. The molecule has 1 saturated heterocycles. The highest BCUT2D eigenvalue weighted by Gasteiger charge is 2.20. The summed E-state index contributed by atoms with van der Waals surface area (Å²) in [6, 6.07) is 4.59. The molecule has 0 spiro atoms. The van der Waals surface area contributed by atoms with E-state index in [0.717, 1.165) is 17.7 Å². The van der Waals surface area contributed by atoms with Crippen LogP contribution in [0.15, 0.2) is 36.9 Å². The quantitative estimate of drug-likeness (QED) is 0.846. The first-order chi connectivity index (χ1) is 9.36. The maximum absolute atomic E-state index is 4.54. The van der Waals surface area contributed by atoms with Crippen LogP contribution < -0.4 is 0 Å². The van der Waals surface area contributed by atoms with Gasteiger partial charge in [0.25, 0.3) is 0 Å². The summed E-state index contributed by atoms with van der Waals surface area (Å²) >= 11 is 0. The lowest BCUT2D eigenvalue weighted by Crippen LogP contribution is -2.34. The molecular weight excluding hydrogens is 236 g/mol. The third-order valence-electron chi connectivity index (χ3n) is 3.97. The van der Waals surface area contributed by atoms with Gasteiger partial charge in [-0.25, -0.2) is 0 Å². The van der Waals surface area contributed by atoms with Crippen LogP contribution >= 0.6 is 0 Å². The van der Waals surface area contributed by atoms with Gasteiger partial charge in [-0.2, -0.15) is 5.10 Å². The summed E-state index contributed by atoms with van der Waals surface area (Å²) in [4.78, 5) is 6.66. The second-order valence-corrected chi connectivity index (χ2v) is 5.12. The third-order valence-corrected chi connectivity index (χ3v) is 3.97. The van der Waals surface area contributed by atoms with Crippen molar-refractivity contribution in [2.24, 2.45) is 0 Å². The van der Waals surface area contributed by atoms with Crippen LogP contribution in [0.25, 0.3) is 11.1 Å². The molecule has 19 heavy (non-hydrogen) atoms. The van der Waals surface area contributed by atoms with Gasteiger partial charge in [0.15, 0.2) is 0 Å². The fourth-order valence-electron chi connectivity index (χ4n) is 2.72. The molecule has 3 rings (SSSR count). The number of hydrogen-bond donors (Lipinski definition) is 0. The molecule has 2 aromatic rings. The van der Waals surface area contributed by atoms with Crippen molar-refractivity contribution in [1.82, 2.24) is 19.7 Å². The summed E-state index contributed by atoms with van der Waals surface area (Å²) in [6.45, 7) is 5.76. The van der Waals surface area contributed by atoms with Crippen LogP contribution in [0.3, 0.4) is 0 Å². The Morgan fingerprint density at radius 1 is 1.21 bits per heavy atom. The van der Waals surface area contributed by atoms with E-state index in [2.05, 4.69) is 38.9 Å². The Morgan fingerprint density at radius 2 is 2.05 bits per heavy atom. The Labute approximate surface area is 114 Å². The zero-order chi connectivity index (χ0) is 13.1. The molecule has 0 atom stereocenters. The van der Waals surface area contributed by atoms with E-state index in [1.165, 1.54) is 25.9 Å². The molecule has 100 valence electrons. The van der Waals surface area contributed by atoms with Crippen LogP contribution in [-0.4, -0.2) is 39.3 Å². The summed E-state index contributed by atoms with van der Waals surface area (Å²) < 4.78 is 2.13. The van der Waals surface area contributed by atoms with E-state index < -0.39 is 0 Å². The molecule has 1 fully saturated rings. The number of rotatable bonds is 3. The largest absolute Gasteiger partial charge is 0.303 e. The number of pyridine rings is 1. The Hall–Kier alpha value is -1.68. The molecule has 0 saturated carbocycles. The Kier molecular flexibility index (Phi) is 3.60. The monoisotopic (exact) mass is 256 g/mol. The van der Waals surface area contributed by atoms with Crippen LogP contribution in [0.1, 0.15) is 25.8 Å². The Bertz CT molecular complexity index is 512. The molecule has 3 heterocycles. The summed E-state index contributed by atoms with van der Waals surface area (Å²) in [5.41, 5.74) is 2.30. The highest BCUT2D eigenvalue weighted by atomic mass is 15.3. The molecule has 4 nitrogen and oxygen atoms in total. The van der Waals surface area contributed by atoms with Crippen molar-refractivity contribution in [1.29, 1.82) is 0 Å². The van der Waals surface area contributed by atoms with Crippen LogP contribution in [0.2, 0.25) is 0 Å². The lowest BCUT2D eigenvalue weighted by Gasteiger charge is -2.31. The fraction of sp³-hybridized carbons (Fsp3) is 0.467. The molecule has 0 aromatic carbocycles. The lowest BCUT2D eigenvalue weighted by molar-refractivity contribution is 0.187. The zero-order valence-electron chi connectivity index (χ0n) is 11.4. The van der Waals surface area contributed by atoms with Crippen molar-refractivity contribution in [3.05, 3.63) is 36.9 Å². The minimum absolute atomic E-state index is 0.549. The fourth-order valence-corrected chi connectivity index (χ4v) is 2.72. The van der Waals surface area contributed by atoms with E-state index >= 15 is 0 Å². The van der Waals surface area contributed by atoms with Gasteiger partial charge in [0.05, 0.1) is 12.2 Å². The average Bonchev–Trinajstić information content (AvgIpc) is 2.98. The van der Waals surface area contributed by atoms with E-state index in [0.29, 0.717) is 6.04 Å². The summed E-state index contributed by atoms with van der Waals surface area (Å²) in [5, 5.41) is 4.54. The first-order valence-corrected chi connectivity index (χ1v) is 7.03. The normalized spacial score (nSPS) is 17.7. The van der Waals surface area contributed by atoms with Gasteiger partial charge in [-0.1, -0.05) is 13.0 Å². The first-order valence-electron chi connectivity index (χ1n) is 7.03. The maximum Gasteiger partial charge on any atom is 0.0569 e. The molecule has 1 aliphatic heterocycles. The molecule has 0 unspecified atom stereocenters. The van der Waals surface area contributed by atoms with Gasteiger partial charge in [-0.15, -0.1) is 0 Å². The minimum Gasteiger partial charge on any atom is -0.303 e. The molecule has 0 amide bonds. The number of hydrogen-bond acceptors (Lipinski definition) is 3. The van der Waals surface area contributed by atoms with Gasteiger partial charge in [0, 0.05) is 42.8 Å². The standard InChI is InChI=1S/C15H20N4/c1-2-18-8-5-15(6-9-18)19-12-14(11-17-19)13-4-3-7-16-10-13/h3-4,7,10-12,15H,2,5-6,8-9H2,1H3. The van der Waals surface area contributed by atoms with E-state index in [-0.39, 0.29) is 0 Å². The van der Waals surface area contributed by atoms with Gasteiger partial charge in [0.1, 0.15) is 0 Å². The molecule has 1 aliphatic rings. The van der Waals surface area contributed by atoms with Crippen molar-refractivity contribution in [3.63, 3.8) is 0 Å². The van der Waals surface area contributed by atoms with Gasteiger partial charge in [0.2, 0.25) is 0 Å². The molecule has 0 N–H and O–H groups in total. The predicted molar refractivity (Wildman–Crippen MR) is 75.8 cm³/mol. The molecule has 0 aliphatic carbocycles. The maximum atomic E-state index is 4.54. The first kappa shape index (κ1) is 12.4. The van der Waals surface area contributed by atoms with Crippen LogP contribution in [0.4, 0.5) is 0 Å². The van der Waals surface area contributed by atoms with E-state index in [1.54, 1.807) is 6.20 Å². The van der Waals surface area contributed by atoms with Crippen molar-refractivity contribution >= 4 is 0 Å². The molecule has 0 bridgehead atoms. The van der Waals surface area contributed by atoms with Crippen LogP contribution in [0.5, 0.6) is 0 Å². The van der Waals surface area contributed by atoms with Gasteiger partial charge in [-0.3, -0.25) is 9.67 Å². The number of likely N-dealkylation sites (tertiary alicyclic amines) is 1. The smallest absolute Gasteiger partial charge is 0.0569 e. The van der Waals surface area contributed by atoms with E-state index in [9.17, 15) is 0 Å². The molecular formula is C15H20N4. The summed E-state index contributed by atoms with van der Waals surface area (Å²) in [5.74, 6) is 0. The highest BCUT2D eigenvalue weighted by Crippen LogP contribution is 2.24. The van der Waals surface area contributed by atoms with Crippen molar-refractivity contribution in [2.45, 2.75) is 25.8 Å². The number of aromatic nitrogens is 3. The molecule has 4 heteroatoms. The van der Waals surface area contributed by atoms with Gasteiger partial charge in [-0.05, 0) is 25.5 Å². The number of nitrogens with zero attached hydrogens (tertiary/aromatic N) is 4. The van der Waals surface area contributed by atoms with E-state index in [1.807, 2.05) is 18.5 Å². The van der Waals surface area contributed by atoms with Crippen LogP contribution in [-0.2, 0) is 0 Å². The lowest BCUT2D eigenvalue weighted by atomic mass is 10.1. The van der Waals surface area contributed by atoms with Gasteiger partial charge >= 0.3 is 0 Å². The topological polar surface area (TPSA) is 34.0 Å². The van der Waals surface area contributed by atoms with Crippen molar-refractivity contribution in [3.8, 4) is 11.1 Å². The average molecular weight is 256 g/mol. The van der Waals surface area contributed by atoms with Gasteiger partial charge < -0.3 is 4.90 Å². The highest BCUT2D eigenvalue weighted by molar-refractivity contribution is 5.60. The second-order valence-electron chi connectivity index (χ2n) is 5.12. The predicted octanol–water partition coefficient (Wildman–Crippen LogP) is 2.60. The van der Waals surface area contributed by atoms with E-state index in [4.69, 9.17) is 0 Å². The van der Waals surface area contributed by atoms with Crippen molar-refractivity contribution < 1.29 is 0 Å². The zero-order valence-corrected chi connectivity index (χ0v) is 11.4. The third kappa shape index (κ3) is 2.68. The summed E-state index contributed by atoms with van der Waals surface area (Å²) in [6.07, 6.45) is 10.2. The van der Waals surface area contributed by atoms with Crippen molar-refractivity contribution in [2.75, 3.05) is 19.6 Å². The molecule has 0 radical (unpaired) electrons. The van der Waals surface area contributed by atoms with Crippen LogP contribution in [0, 0.1) is 0 Å². The summed E-state index contributed by atoms with van der Waals surface area (Å²) in [7, 11) is 0. The SMILES string of the molecule is CCN1CCC(n2cc(-c3cccnc3)cn2)CC1. The minimum atomic E-state index is 0.549. The second kappa shape index (κ2) is 5.53. The Morgan fingerprint density at radius 3 is 2.74 bits per heavy atom. The Balaban J connectivity index is 1.72. The number of piperidine rings is 1.